The van der Waals surface area contributed by atoms with Crippen LogP contribution in [0, 0.1) is 5.92 Å². The molecule has 0 saturated carbocycles. The minimum atomic E-state index is -0.254. The number of rotatable bonds is 4. The molecule has 1 saturated heterocycles. The van der Waals surface area contributed by atoms with Gasteiger partial charge in [-0.1, -0.05) is 37.3 Å². The molecular weight excluding hydrogens is 250 g/mol. The fourth-order valence-corrected chi connectivity index (χ4v) is 2.72. The topological polar surface area (TPSA) is 67.2 Å². The summed E-state index contributed by atoms with van der Waals surface area (Å²) in [5, 5.41) is 6.53. The highest BCUT2D eigenvalue weighted by molar-refractivity contribution is 5.79. The van der Waals surface area contributed by atoms with Gasteiger partial charge >= 0.3 is 0 Å². The van der Waals surface area contributed by atoms with Gasteiger partial charge in [-0.05, 0) is 31.9 Å². The van der Waals surface area contributed by atoms with E-state index in [4.69, 9.17) is 5.73 Å². The predicted octanol–water partition coefficient (Wildman–Crippen LogP) is 1.58. The van der Waals surface area contributed by atoms with Gasteiger partial charge in [0.2, 0.25) is 5.91 Å². The van der Waals surface area contributed by atoms with Crippen molar-refractivity contribution in [3.63, 3.8) is 0 Å². The number of hydrogen-bond acceptors (Lipinski definition) is 3. The minimum absolute atomic E-state index is 0.0560. The Labute approximate surface area is 121 Å². The summed E-state index contributed by atoms with van der Waals surface area (Å²) >= 11 is 0. The largest absolute Gasteiger partial charge is 0.353 e. The highest BCUT2D eigenvalue weighted by Crippen LogP contribution is 2.20. The Bertz CT molecular complexity index is 435. The van der Waals surface area contributed by atoms with Crippen LogP contribution in [0.15, 0.2) is 30.3 Å². The zero-order valence-corrected chi connectivity index (χ0v) is 12.3. The highest BCUT2D eigenvalue weighted by atomic mass is 16.2. The summed E-state index contributed by atoms with van der Waals surface area (Å²) in [6.07, 6.45) is 1.97. The Balaban J connectivity index is 1.91. The smallest absolute Gasteiger partial charge is 0.224 e. The summed E-state index contributed by atoms with van der Waals surface area (Å²) in [7, 11) is 0. The molecule has 4 heteroatoms. The number of piperidine rings is 1. The fraction of sp³-hybridized carbons (Fsp3) is 0.562. The molecule has 1 aromatic carbocycles. The van der Waals surface area contributed by atoms with E-state index in [0.29, 0.717) is 6.04 Å². The van der Waals surface area contributed by atoms with Gasteiger partial charge in [-0.25, -0.2) is 0 Å². The van der Waals surface area contributed by atoms with Crippen molar-refractivity contribution in [2.24, 2.45) is 11.7 Å². The van der Waals surface area contributed by atoms with Crippen LogP contribution in [-0.4, -0.2) is 24.5 Å². The monoisotopic (exact) mass is 275 g/mol. The van der Waals surface area contributed by atoms with Gasteiger partial charge in [0, 0.05) is 18.1 Å². The van der Waals surface area contributed by atoms with E-state index >= 15 is 0 Å². The Kier molecular flexibility index (Phi) is 5.15. The first-order valence-corrected chi connectivity index (χ1v) is 7.42. The molecular formula is C16H25N3O. The Hall–Kier alpha value is -1.39. The van der Waals surface area contributed by atoms with Crippen molar-refractivity contribution in [3.8, 4) is 0 Å². The van der Waals surface area contributed by atoms with Crippen molar-refractivity contribution in [3.05, 3.63) is 35.9 Å². The number of amides is 1. The maximum atomic E-state index is 12.3. The molecule has 4 atom stereocenters. The summed E-state index contributed by atoms with van der Waals surface area (Å²) in [5.74, 6) is -0.164. The molecule has 0 radical (unpaired) electrons. The lowest BCUT2D eigenvalue weighted by Crippen LogP contribution is -2.48. The standard InChI is InChI=1S/C16H25N3O/c1-11-10-14(8-9-18-11)19-16(20)12(2)15(17)13-6-4-3-5-7-13/h3-7,11-12,14-15,18H,8-10,17H2,1-2H3,(H,19,20). The first-order chi connectivity index (χ1) is 9.58. The predicted molar refractivity (Wildman–Crippen MR) is 81.2 cm³/mol. The Morgan fingerprint density at radius 3 is 2.75 bits per heavy atom. The third kappa shape index (κ3) is 3.81. The molecule has 0 aromatic heterocycles. The summed E-state index contributed by atoms with van der Waals surface area (Å²) in [6, 6.07) is 10.3. The molecule has 20 heavy (non-hydrogen) atoms. The molecule has 4 N–H and O–H groups in total. The molecule has 0 bridgehead atoms. The van der Waals surface area contributed by atoms with E-state index in [2.05, 4.69) is 17.6 Å². The maximum Gasteiger partial charge on any atom is 0.224 e. The van der Waals surface area contributed by atoms with Crippen LogP contribution < -0.4 is 16.4 Å². The van der Waals surface area contributed by atoms with E-state index in [1.807, 2.05) is 37.3 Å². The lowest BCUT2D eigenvalue weighted by atomic mass is 9.93. The van der Waals surface area contributed by atoms with Gasteiger partial charge in [0.15, 0.2) is 0 Å². The Morgan fingerprint density at radius 1 is 1.40 bits per heavy atom. The van der Waals surface area contributed by atoms with Gasteiger partial charge in [-0.2, -0.15) is 0 Å². The lowest BCUT2D eigenvalue weighted by Gasteiger charge is -2.30. The van der Waals surface area contributed by atoms with E-state index in [1.54, 1.807) is 0 Å². The van der Waals surface area contributed by atoms with E-state index in [0.717, 1.165) is 24.9 Å². The van der Waals surface area contributed by atoms with Crippen molar-refractivity contribution in [2.75, 3.05) is 6.54 Å². The molecule has 1 amide bonds. The Morgan fingerprint density at radius 2 is 2.10 bits per heavy atom. The van der Waals surface area contributed by atoms with Crippen LogP contribution in [0.25, 0.3) is 0 Å². The molecule has 4 nitrogen and oxygen atoms in total. The molecule has 1 heterocycles. The van der Waals surface area contributed by atoms with E-state index in [-0.39, 0.29) is 23.9 Å². The quantitative estimate of drug-likeness (QED) is 0.781. The van der Waals surface area contributed by atoms with E-state index in [9.17, 15) is 4.79 Å². The molecule has 1 fully saturated rings. The number of nitrogens with two attached hydrogens (primary N) is 1. The normalized spacial score (nSPS) is 25.8. The van der Waals surface area contributed by atoms with Crippen molar-refractivity contribution < 1.29 is 4.79 Å². The van der Waals surface area contributed by atoms with E-state index < -0.39 is 0 Å². The van der Waals surface area contributed by atoms with Crippen LogP contribution in [0.4, 0.5) is 0 Å². The average molecular weight is 275 g/mol. The summed E-state index contributed by atoms with van der Waals surface area (Å²) < 4.78 is 0. The van der Waals surface area contributed by atoms with Crippen molar-refractivity contribution in [1.29, 1.82) is 0 Å². The first-order valence-electron chi connectivity index (χ1n) is 7.42. The summed E-state index contributed by atoms with van der Waals surface area (Å²) in [6.45, 7) is 5.01. The zero-order chi connectivity index (χ0) is 14.5. The molecule has 110 valence electrons. The lowest BCUT2D eigenvalue weighted by molar-refractivity contribution is -0.126. The first kappa shape index (κ1) is 15.0. The molecule has 1 aromatic rings. The second-order valence-corrected chi connectivity index (χ2v) is 5.81. The third-order valence-electron chi connectivity index (χ3n) is 4.11. The fourth-order valence-electron chi connectivity index (χ4n) is 2.72. The second-order valence-electron chi connectivity index (χ2n) is 5.81. The second kappa shape index (κ2) is 6.86. The van der Waals surface area contributed by atoms with Crippen LogP contribution in [0.2, 0.25) is 0 Å². The van der Waals surface area contributed by atoms with Gasteiger partial charge < -0.3 is 16.4 Å². The SMILES string of the molecule is CC1CC(NC(=O)C(C)C(N)c2ccccc2)CCN1. The van der Waals surface area contributed by atoms with Gasteiger partial charge in [0.05, 0.1) is 5.92 Å². The van der Waals surface area contributed by atoms with Crippen LogP contribution >= 0.6 is 0 Å². The molecule has 2 rings (SSSR count). The number of benzene rings is 1. The molecule has 4 unspecified atom stereocenters. The van der Waals surface area contributed by atoms with Crippen LogP contribution in [0.5, 0.6) is 0 Å². The van der Waals surface area contributed by atoms with Crippen LogP contribution in [0.3, 0.4) is 0 Å². The summed E-state index contributed by atoms with van der Waals surface area (Å²) in [4.78, 5) is 12.3. The molecule has 1 aliphatic rings. The number of carbonyl (C=O) groups excluding carboxylic acids is 1. The molecule has 0 aliphatic carbocycles. The highest BCUT2D eigenvalue weighted by Gasteiger charge is 2.26. The van der Waals surface area contributed by atoms with Crippen molar-refractivity contribution in [1.82, 2.24) is 10.6 Å². The minimum Gasteiger partial charge on any atom is -0.353 e. The van der Waals surface area contributed by atoms with Crippen LogP contribution in [-0.2, 0) is 4.79 Å². The van der Waals surface area contributed by atoms with Gasteiger partial charge in [-0.3, -0.25) is 4.79 Å². The van der Waals surface area contributed by atoms with Crippen LogP contribution in [0.1, 0.15) is 38.3 Å². The summed E-state index contributed by atoms with van der Waals surface area (Å²) in [5.41, 5.74) is 7.21. The molecule has 1 aliphatic heterocycles. The van der Waals surface area contributed by atoms with Crippen molar-refractivity contribution in [2.45, 2.75) is 44.8 Å². The maximum absolute atomic E-state index is 12.3. The average Bonchev–Trinajstić information content (AvgIpc) is 2.46. The zero-order valence-electron chi connectivity index (χ0n) is 12.3. The van der Waals surface area contributed by atoms with Gasteiger partial charge in [-0.15, -0.1) is 0 Å². The number of carbonyl (C=O) groups is 1. The van der Waals surface area contributed by atoms with Gasteiger partial charge in [0.1, 0.15) is 0 Å². The third-order valence-corrected chi connectivity index (χ3v) is 4.11. The number of hydrogen-bond donors (Lipinski definition) is 3. The number of nitrogens with one attached hydrogen (secondary N) is 2. The van der Waals surface area contributed by atoms with E-state index in [1.165, 1.54) is 0 Å². The van der Waals surface area contributed by atoms with Gasteiger partial charge in [0.25, 0.3) is 0 Å². The van der Waals surface area contributed by atoms with Crippen molar-refractivity contribution >= 4 is 5.91 Å². The molecule has 0 spiro atoms.